The maximum absolute atomic E-state index is 4.83. The summed E-state index contributed by atoms with van der Waals surface area (Å²) in [5.41, 5.74) is 6.69. The van der Waals surface area contributed by atoms with Gasteiger partial charge in [0.2, 0.25) is 0 Å². The van der Waals surface area contributed by atoms with Gasteiger partial charge in [-0.25, -0.2) is 0 Å². The standard InChI is InChI=1S/C20H24N2.Pd/c1-5-19(21-17-10-8-7-9-11-17)20(6-2)22-18-13-12-15(3)16(4)14-18;/h7-14H,5-6H2,1-4H3;. The van der Waals surface area contributed by atoms with E-state index in [9.17, 15) is 0 Å². The Morgan fingerprint density at radius 1 is 0.739 bits per heavy atom. The SMILES string of the molecule is CCC(=Nc1ccccc1)C(CC)=Nc1ccc(C)c(C)c1.[Pd]. The Balaban J connectivity index is 0.00000264. The number of benzene rings is 2. The first-order chi connectivity index (χ1) is 10.6. The molecule has 0 atom stereocenters. The van der Waals surface area contributed by atoms with Crippen LogP contribution in [0.25, 0.3) is 0 Å². The van der Waals surface area contributed by atoms with Crippen LogP contribution in [0, 0.1) is 13.8 Å². The van der Waals surface area contributed by atoms with Gasteiger partial charge in [-0.1, -0.05) is 38.1 Å². The molecule has 0 aliphatic rings. The molecule has 3 heteroatoms. The predicted molar refractivity (Wildman–Crippen MR) is 97.1 cm³/mol. The molecule has 2 rings (SSSR count). The van der Waals surface area contributed by atoms with Gasteiger partial charge in [0.1, 0.15) is 0 Å². The van der Waals surface area contributed by atoms with Crippen LogP contribution in [-0.2, 0) is 20.4 Å². The van der Waals surface area contributed by atoms with Crippen molar-refractivity contribution in [3.8, 4) is 0 Å². The first-order valence-corrected chi connectivity index (χ1v) is 7.91. The van der Waals surface area contributed by atoms with Gasteiger partial charge in [-0.2, -0.15) is 0 Å². The quantitative estimate of drug-likeness (QED) is 0.438. The van der Waals surface area contributed by atoms with Crippen LogP contribution in [-0.4, -0.2) is 11.4 Å². The summed E-state index contributed by atoms with van der Waals surface area (Å²) >= 11 is 0. The molecule has 23 heavy (non-hydrogen) atoms. The van der Waals surface area contributed by atoms with Gasteiger partial charge in [0.05, 0.1) is 22.8 Å². The Hall–Kier alpha value is -1.56. The van der Waals surface area contributed by atoms with E-state index in [0.29, 0.717) is 0 Å². The second kappa shape index (κ2) is 9.55. The maximum atomic E-state index is 4.83. The fourth-order valence-corrected chi connectivity index (χ4v) is 2.30. The second-order valence-corrected chi connectivity index (χ2v) is 5.43. The molecule has 0 aromatic heterocycles. The minimum absolute atomic E-state index is 0. The first-order valence-electron chi connectivity index (χ1n) is 7.91. The summed E-state index contributed by atoms with van der Waals surface area (Å²) in [5, 5.41) is 0. The van der Waals surface area contributed by atoms with E-state index < -0.39 is 0 Å². The smallest absolute Gasteiger partial charge is 0.0636 e. The van der Waals surface area contributed by atoms with Gasteiger partial charge < -0.3 is 0 Å². The van der Waals surface area contributed by atoms with Crippen LogP contribution in [0.1, 0.15) is 37.8 Å². The molecule has 0 heterocycles. The molecule has 2 aromatic carbocycles. The minimum atomic E-state index is 0. The molecule has 0 unspecified atom stereocenters. The number of aryl methyl sites for hydroxylation is 2. The van der Waals surface area contributed by atoms with Crippen molar-refractivity contribution >= 4 is 22.8 Å². The van der Waals surface area contributed by atoms with E-state index in [0.717, 1.165) is 35.6 Å². The summed E-state index contributed by atoms with van der Waals surface area (Å²) in [6.45, 7) is 8.51. The fourth-order valence-electron chi connectivity index (χ4n) is 2.30. The van der Waals surface area contributed by atoms with E-state index >= 15 is 0 Å². The summed E-state index contributed by atoms with van der Waals surface area (Å²) in [4.78, 5) is 9.60. The first kappa shape index (κ1) is 19.5. The molecule has 0 saturated carbocycles. The van der Waals surface area contributed by atoms with Gasteiger partial charge in [-0.15, -0.1) is 0 Å². The number of hydrogen-bond acceptors (Lipinski definition) is 2. The topological polar surface area (TPSA) is 24.7 Å². The molecular formula is C20H24N2Pd. The van der Waals surface area contributed by atoms with Gasteiger partial charge in [0.25, 0.3) is 0 Å². The largest absolute Gasteiger partial charge is 0.252 e. The summed E-state index contributed by atoms with van der Waals surface area (Å²) in [7, 11) is 0. The third-order valence-corrected chi connectivity index (χ3v) is 3.78. The Morgan fingerprint density at radius 2 is 1.30 bits per heavy atom. The molecule has 0 fully saturated rings. The van der Waals surface area contributed by atoms with Crippen LogP contribution >= 0.6 is 0 Å². The molecule has 0 saturated heterocycles. The molecule has 0 aliphatic carbocycles. The van der Waals surface area contributed by atoms with Crippen molar-refractivity contribution in [1.82, 2.24) is 0 Å². The van der Waals surface area contributed by atoms with Crippen LogP contribution in [0.15, 0.2) is 58.5 Å². The number of hydrogen-bond donors (Lipinski definition) is 0. The fraction of sp³-hybridized carbons (Fsp3) is 0.300. The van der Waals surface area contributed by atoms with E-state index in [1.54, 1.807) is 0 Å². The molecule has 0 amide bonds. The average Bonchev–Trinajstić information content (AvgIpc) is 2.55. The van der Waals surface area contributed by atoms with E-state index in [2.05, 4.69) is 45.9 Å². The number of rotatable bonds is 5. The molecule has 0 N–H and O–H groups in total. The minimum Gasteiger partial charge on any atom is -0.252 e. The Kier molecular flexibility index (Phi) is 8.09. The van der Waals surface area contributed by atoms with Gasteiger partial charge in [0.15, 0.2) is 0 Å². The van der Waals surface area contributed by atoms with Crippen molar-refractivity contribution in [2.45, 2.75) is 40.5 Å². The van der Waals surface area contributed by atoms with Crippen LogP contribution < -0.4 is 0 Å². The van der Waals surface area contributed by atoms with Gasteiger partial charge >= 0.3 is 0 Å². The molecule has 124 valence electrons. The number of para-hydroxylation sites is 1. The maximum Gasteiger partial charge on any atom is 0.0636 e. The van der Waals surface area contributed by atoms with Crippen LogP contribution in [0.4, 0.5) is 11.4 Å². The van der Waals surface area contributed by atoms with E-state index in [4.69, 9.17) is 9.98 Å². The Bertz CT molecular complexity index is 688. The zero-order chi connectivity index (χ0) is 15.9. The molecule has 0 aliphatic heterocycles. The van der Waals surface area contributed by atoms with Crippen molar-refractivity contribution in [2.24, 2.45) is 9.98 Å². The third-order valence-electron chi connectivity index (χ3n) is 3.78. The van der Waals surface area contributed by atoms with E-state index in [1.165, 1.54) is 11.1 Å². The zero-order valence-electron chi connectivity index (χ0n) is 14.2. The zero-order valence-corrected chi connectivity index (χ0v) is 15.8. The average molecular weight is 399 g/mol. The second-order valence-electron chi connectivity index (χ2n) is 5.43. The molecule has 2 nitrogen and oxygen atoms in total. The van der Waals surface area contributed by atoms with Gasteiger partial charge in [0, 0.05) is 20.4 Å². The van der Waals surface area contributed by atoms with Crippen LogP contribution in [0.2, 0.25) is 0 Å². The summed E-state index contributed by atoms with van der Waals surface area (Å²) in [6, 6.07) is 16.4. The molecule has 0 radical (unpaired) electrons. The van der Waals surface area contributed by atoms with E-state index in [-0.39, 0.29) is 20.4 Å². The predicted octanol–water partition coefficient (Wildman–Crippen LogP) is 5.97. The summed E-state index contributed by atoms with van der Waals surface area (Å²) in [6.07, 6.45) is 1.76. The monoisotopic (exact) mass is 398 g/mol. The normalized spacial score (nSPS) is 12.0. The summed E-state index contributed by atoms with van der Waals surface area (Å²) < 4.78 is 0. The van der Waals surface area contributed by atoms with Crippen molar-refractivity contribution in [3.05, 3.63) is 59.7 Å². The molecule has 0 bridgehead atoms. The molecule has 2 aromatic rings. The van der Waals surface area contributed by atoms with Crippen LogP contribution in [0.3, 0.4) is 0 Å². The molecular weight excluding hydrogens is 375 g/mol. The van der Waals surface area contributed by atoms with Gasteiger partial charge in [-0.05, 0) is 62.1 Å². The number of aliphatic imine (C=N–C) groups is 2. The van der Waals surface area contributed by atoms with Crippen molar-refractivity contribution < 1.29 is 20.4 Å². The van der Waals surface area contributed by atoms with E-state index in [1.807, 2.05) is 30.3 Å². The van der Waals surface area contributed by atoms with Crippen molar-refractivity contribution in [3.63, 3.8) is 0 Å². The Morgan fingerprint density at radius 3 is 1.83 bits per heavy atom. The van der Waals surface area contributed by atoms with Crippen molar-refractivity contribution in [1.29, 1.82) is 0 Å². The summed E-state index contributed by atoms with van der Waals surface area (Å²) in [5.74, 6) is 0. The molecule has 0 spiro atoms. The van der Waals surface area contributed by atoms with Crippen LogP contribution in [0.5, 0.6) is 0 Å². The third kappa shape index (κ3) is 5.54. The number of nitrogens with zero attached hydrogens (tertiary/aromatic N) is 2. The van der Waals surface area contributed by atoms with Crippen molar-refractivity contribution in [2.75, 3.05) is 0 Å². The van der Waals surface area contributed by atoms with Gasteiger partial charge in [-0.3, -0.25) is 9.98 Å². The Labute approximate surface area is 153 Å².